The van der Waals surface area contributed by atoms with Crippen LogP contribution in [0.4, 0.5) is 0 Å². The smallest absolute Gasteiger partial charge is 0.424 e. The molecule has 0 aliphatic carbocycles. The summed E-state index contributed by atoms with van der Waals surface area (Å²) in [6.45, 7) is 0. The van der Waals surface area contributed by atoms with Gasteiger partial charge < -0.3 is 10.0 Å². The number of halogens is 1. The molecule has 34 valence electrons. The maximum absolute atomic E-state index is 7.94. The molecule has 0 amide bonds. The fraction of sp³-hybridized carbons (Fsp3) is 0. The van der Waals surface area contributed by atoms with Crippen molar-refractivity contribution in [3.63, 3.8) is 0 Å². The third-order valence-electron chi connectivity index (χ3n) is 0.245. The van der Waals surface area contributed by atoms with E-state index in [2.05, 4.69) is 0 Å². The highest BCUT2D eigenvalue weighted by Crippen LogP contribution is 1.76. The normalized spacial score (nSPS) is 9.83. The van der Waals surface area contributed by atoms with Gasteiger partial charge in [-0.2, -0.15) is 0 Å². The first kappa shape index (κ1) is 6.01. The first-order chi connectivity index (χ1) is 2.77. The zero-order chi connectivity index (χ0) is 4.99. The summed E-state index contributed by atoms with van der Waals surface area (Å²) in [6, 6.07) is 0. The average molecular weight is 106 g/mol. The highest BCUT2D eigenvalue weighted by atomic mass is 35.5. The lowest BCUT2D eigenvalue weighted by molar-refractivity contribution is 0.424. The minimum absolute atomic E-state index is 1.04. The number of rotatable bonds is 1. The molecule has 6 heavy (non-hydrogen) atoms. The first-order valence-corrected chi connectivity index (χ1v) is 1.84. The van der Waals surface area contributed by atoms with Gasteiger partial charge in [0.05, 0.1) is 0 Å². The Labute approximate surface area is 41.2 Å². The van der Waals surface area contributed by atoms with E-state index >= 15 is 0 Å². The fourth-order valence-corrected chi connectivity index (χ4v) is 0.195. The molecule has 0 fully saturated rings. The first-order valence-electron chi connectivity index (χ1n) is 1.40. The van der Waals surface area contributed by atoms with E-state index in [4.69, 9.17) is 21.6 Å². The predicted molar refractivity (Wildman–Crippen MR) is 25.2 cm³/mol. The molecule has 0 bridgehead atoms. The Bertz CT molecular complexity index is 53.5. The zero-order valence-electron chi connectivity index (χ0n) is 3.00. The molecule has 0 radical (unpaired) electrons. The highest BCUT2D eigenvalue weighted by molar-refractivity contribution is 6.49. The van der Waals surface area contributed by atoms with Gasteiger partial charge in [0, 0.05) is 0 Å². The Kier molecular flexibility index (Phi) is 3.22. The topological polar surface area (TPSA) is 40.5 Å². The molecule has 0 aromatic rings. The van der Waals surface area contributed by atoms with Crippen molar-refractivity contribution in [1.82, 2.24) is 0 Å². The van der Waals surface area contributed by atoms with Gasteiger partial charge in [-0.05, 0) is 11.5 Å². The Balaban J connectivity index is 3.03. The van der Waals surface area contributed by atoms with E-state index in [-0.39, 0.29) is 0 Å². The molecule has 0 aliphatic rings. The molecule has 0 saturated carbocycles. The van der Waals surface area contributed by atoms with Crippen LogP contribution >= 0.6 is 11.6 Å². The standard InChI is InChI=1S/C2H4BClO2/c4-2-1-3(5)6/h1-2,5-6H/b2-1+. The van der Waals surface area contributed by atoms with Crippen LogP contribution in [0.5, 0.6) is 0 Å². The highest BCUT2D eigenvalue weighted by Gasteiger charge is 1.94. The molecule has 0 aromatic carbocycles. The Morgan fingerprint density at radius 2 is 2.00 bits per heavy atom. The van der Waals surface area contributed by atoms with Gasteiger partial charge in [-0.25, -0.2) is 0 Å². The van der Waals surface area contributed by atoms with Crippen LogP contribution in [-0.4, -0.2) is 17.2 Å². The molecule has 0 rings (SSSR count). The molecular formula is C2H4BClO2. The Morgan fingerprint density at radius 3 is 2.00 bits per heavy atom. The fourth-order valence-electron chi connectivity index (χ4n) is 0.0651. The lowest BCUT2D eigenvalue weighted by atomic mass is 9.94. The maximum Gasteiger partial charge on any atom is 0.481 e. The van der Waals surface area contributed by atoms with Crippen LogP contribution in [0.15, 0.2) is 11.5 Å². The van der Waals surface area contributed by atoms with Crippen molar-refractivity contribution in [2.75, 3.05) is 0 Å². The van der Waals surface area contributed by atoms with Gasteiger partial charge in [-0.15, -0.1) is 0 Å². The maximum atomic E-state index is 7.94. The number of hydrogen-bond acceptors (Lipinski definition) is 2. The summed E-state index contributed by atoms with van der Waals surface area (Å²) >= 11 is 4.90. The van der Waals surface area contributed by atoms with Crippen molar-refractivity contribution in [1.29, 1.82) is 0 Å². The predicted octanol–water partition coefficient (Wildman–Crippen LogP) is -0.249. The molecule has 2 nitrogen and oxygen atoms in total. The van der Waals surface area contributed by atoms with Crippen LogP contribution in [0, 0.1) is 0 Å². The van der Waals surface area contributed by atoms with Crippen molar-refractivity contribution in [3.05, 3.63) is 11.5 Å². The summed E-state index contributed by atoms with van der Waals surface area (Å²) in [7, 11) is -1.41. The zero-order valence-corrected chi connectivity index (χ0v) is 3.76. The van der Waals surface area contributed by atoms with Crippen LogP contribution in [0.3, 0.4) is 0 Å². The third-order valence-corrected chi connectivity index (χ3v) is 0.390. The second-order valence-corrected chi connectivity index (χ2v) is 0.984. The van der Waals surface area contributed by atoms with Crippen LogP contribution in [0.2, 0.25) is 0 Å². The van der Waals surface area contributed by atoms with E-state index in [1.807, 2.05) is 0 Å². The summed E-state index contributed by atoms with van der Waals surface area (Å²) in [4.78, 5) is 0. The summed E-state index contributed by atoms with van der Waals surface area (Å²) in [5, 5.41) is 15.9. The average Bonchev–Trinajstić information content (AvgIpc) is 1.35. The molecule has 4 heteroatoms. The van der Waals surface area contributed by atoms with Gasteiger partial charge >= 0.3 is 7.12 Å². The second-order valence-electron chi connectivity index (χ2n) is 0.732. The van der Waals surface area contributed by atoms with Gasteiger partial charge in [0.25, 0.3) is 0 Å². The second kappa shape index (κ2) is 3.21. The van der Waals surface area contributed by atoms with Crippen LogP contribution in [0.1, 0.15) is 0 Å². The van der Waals surface area contributed by atoms with Gasteiger partial charge in [0.1, 0.15) is 0 Å². The molecule has 0 heterocycles. The van der Waals surface area contributed by atoms with Crippen LogP contribution < -0.4 is 0 Å². The molecule has 0 atom stereocenters. The Morgan fingerprint density at radius 1 is 1.50 bits per heavy atom. The summed E-state index contributed by atoms with van der Waals surface area (Å²) in [5.41, 5.74) is 1.05. The SMILES string of the molecule is OB(O)/C=C/Cl. The van der Waals surface area contributed by atoms with E-state index in [1.165, 1.54) is 0 Å². The van der Waals surface area contributed by atoms with E-state index in [0.717, 1.165) is 11.5 Å². The summed E-state index contributed by atoms with van der Waals surface area (Å²) in [6.07, 6.45) is 0. The molecular weight excluding hydrogens is 102 g/mol. The minimum atomic E-state index is -1.41. The molecule has 0 aromatic heterocycles. The molecule has 0 aliphatic heterocycles. The number of hydrogen-bond donors (Lipinski definition) is 2. The van der Waals surface area contributed by atoms with E-state index in [1.54, 1.807) is 0 Å². The van der Waals surface area contributed by atoms with Crippen molar-refractivity contribution < 1.29 is 10.0 Å². The van der Waals surface area contributed by atoms with E-state index in [0.29, 0.717) is 0 Å². The molecule has 0 unspecified atom stereocenters. The van der Waals surface area contributed by atoms with Crippen LogP contribution in [0.25, 0.3) is 0 Å². The van der Waals surface area contributed by atoms with Crippen molar-refractivity contribution in [3.8, 4) is 0 Å². The monoisotopic (exact) mass is 106 g/mol. The minimum Gasteiger partial charge on any atom is -0.424 e. The van der Waals surface area contributed by atoms with Crippen LogP contribution in [-0.2, 0) is 0 Å². The van der Waals surface area contributed by atoms with E-state index in [9.17, 15) is 0 Å². The van der Waals surface area contributed by atoms with Crippen molar-refractivity contribution in [2.45, 2.75) is 0 Å². The Hall–Kier alpha value is 0.0149. The van der Waals surface area contributed by atoms with Crippen molar-refractivity contribution >= 4 is 18.7 Å². The summed E-state index contributed by atoms with van der Waals surface area (Å²) in [5.74, 6) is 1.04. The summed E-state index contributed by atoms with van der Waals surface area (Å²) < 4.78 is 0. The third kappa shape index (κ3) is 4.01. The lowest BCUT2D eigenvalue weighted by Crippen LogP contribution is -2.04. The van der Waals surface area contributed by atoms with Crippen molar-refractivity contribution in [2.24, 2.45) is 0 Å². The molecule has 0 spiro atoms. The molecule has 2 N–H and O–H groups in total. The quantitative estimate of drug-likeness (QED) is 0.453. The van der Waals surface area contributed by atoms with Gasteiger partial charge in [-0.1, -0.05) is 11.6 Å². The molecule has 0 saturated heterocycles. The lowest BCUT2D eigenvalue weighted by Gasteiger charge is -1.77. The van der Waals surface area contributed by atoms with Gasteiger partial charge in [0.15, 0.2) is 0 Å². The van der Waals surface area contributed by atoms with Gasteiger partial charge in [-0.3, -0.25) is 0 Å². The largest absolute Gasteiger partial charge is 0.481 e. The van der Waals surface area contributed by atoms with Gasteiger partial charge in [0.2, 0.25) is 0 Å². The van der Waals surface area contributed by atoms with E-state index < -0.39 is 7.12 Å².